The lowest BCUT2D eigenvalue weighted by molar-refractivity contribution is 0.165. The van der Waals surface area contributed by atoms with Crippen molar-refractivity contribution in [3.05, 3.63) is 11.8 Å². The molecule has 4 nitrogen and oxygen atoms in total. The minimum Gasteiger partial charge on any atom is -0.477 e. The van der Waals surface area contributed by atoms with Crippen LogP contribution in [0.3, 0.4) is 0 Å². The summed E-state index contributed by atoms with van der Waals surface area (Å²) in [5.41, 5.74) is 1.15. The molecule has 17 heavy (non-hydrogen) atoms. The van der Waals surface area contributed by atoms with Gasteiger partial charge in [-0.15, -0.1) is 0 Å². The van der Waals surface area contributed by atoms with Gasteiger partial charge in [0, 0.05) is 31.1 Å². The highest BCUT2D eigenvalue weighted by molar-refractivity contribution is 5.14. The maximum absolute atomic E-state index is 5.84. The average molecular weight is 237 g/mol. The van der Waals surface area contributed by atoms with Crippen LogP contribution in [0.25, 0.3) is 0 Å². The van der Waals surface area contributed by atoms with E-state index in [4.69, 9.17) is 4.74 Å². The molecule has 0 aliphatic heterocycles. The van der Waals surface area contributed by atoms with Crippen molar-refractivity contribution in [1.82, 2.24) is 15.1 Å². The van der Waals surface area contributed by atoms with Crippen LogP contribution in [0.15, 0.2) is 6.07 Å². The quantitative estimate of drug-likeness (QED) is 0.821. The second-order valence-corrected chi connectivity index (χ2v) is 5.86. The molecule has 0 atom stereocenters. The van der Waals surface area contributed by atoms with Gasteiger partial charge in [0.15, 0.2) is 0 Å². The van der Waals surface area contributed by atoms with Gasteiger partial charge in [-0.3, -0.25) is 0 Å². The molecule has 1 fully saturated rings. The fraction of sp³-hybridized carbons (Fsp3) is 0.769. The molecule has 0 aromatic carbocycles. The Labute approximate surface area is 103 Å². The first-order valence-corrected chi connectivity index (χ1v) is 6.33. The Kier molecular flexibility index (Phi) is 3.43. The van der Waals surface area contributed by atoms with Gasteiger partial charge < -0.3 is 10.1 Å². The summed E-state index contributed by atoms with van der Waals surface area (Å²) in [6.07, 6.45) is 2.66. The SMILES string of the molecule is Cc1cc(OCC(C)(C)CNC2CC2)n(C)n1. The predicted molar refractivity (Wildman–Crippen MR) is 68.2 cm³/mol. The normalized spacial score (nSPS) is 16.2. The number of aryl methyl sites for hydroxylation is 2. The van der Waals surface area contributed by atoms with Crippen LogP contribution in [0.4, 0.5) is 0 Å². The smallest absolute Gasteiger partial charge is 0.211 e. The fourth-order valence-electron chi connectivity index (χ4n) is 1.75. The van der Waals surface area contributed by atoms with E-state index in [0.717, 1.165) is 24.2 Å². The topological polar surface area (TPSA) is 39.1 Å². The van der Waals surface area contributed by atoms with Crippen LogP contribution in [0.5, 0.6) is 5.88 Å². The second kappa shape index (κ2) is 4.69. The molecule has 1 heterocycles. The molecule has 1 aromatic heterocycles. The van der Waals surface area contributed by atoms with Crippen molar-refractivity contribution in [1.29, 1.82) is 0 Å². The zero-order chi connectivity index (χ0) is 12.5. The minimum absolute atomic E-state index is 0.154. The number of ether oxygens (including phenoxy) is 1. The van der Waals surface area contributed by atoms with Gasteiger partial charge in [0.05, 0.1) is 12.3 Å². The molecule has 1 aliphatic rings. The third-order valence-corrected chi connectivity index (χ3v) is 3.02. The molecule has 1 saturated carbocycles. The van der Waals surface area contributed by atoms with E-state index in [1.165, 1.54) is 12.8 Å². The Hall–Kier alpha value is -1.03. The van der Waals surface area contributed by atoms with Crippen LogP contribution in [0.2, 0.25) is 0 Å². The molecule has 96 valence electrons. The van der Waals surface area contributed by atoms with Crippen molar-refractivity contribution in [2.24, 2.45) is 12.5 Å². The summed E-state index contributed by atoms with van der Waals surface area (Å²) in [4.78, 5) is 0. The Morgan fingerprint density at radius 1 is 1.53 bits per heavy atom. The molecule has 2 rings (SSSR count). The van der Waals surface area contributed by atoms with Gasteiger partial charge in [-0.25, -0.2) is 4.68 Å². The third kappa shape index (κ3) is 3.73. The van der Waals surface area contributed by atoms with E-state index in [2.05, 4.69) is 24.3 Å². The zero-order valence-electron chi connectivity index (χ0n) is 11.3. The first-order valence-electron chi connectivity index (χ1n) is 6.33. The van der Waals surface area contributed by atoms with E-state index in [0.29, 0.717) is 6.61 Å². The molecule has 1 aliphatic carbocycles. The molecule has 1 N–H and O–H groups in total. The van der Waals surface area contributed by atoms with Crippen LogP contribution in [-0.2, 0) is 7.05 Å². The van der Waals surface area contributed by atoms with Gasteiger partial charge in [-0.1, -0.05) is 13.8 Å². The lowest BCUT2D eigenvalue weighted by Gasteiger charge is -2.25. The van der Waals surface area contributed by atoms with Crippen LogP contribution >= 0.6 is 0 Å². The molecule has 4 heteroatoms. The monoisotopic (exact) mass is 237 g/mol. The summed E-state index contributed by atoms with van der Waals surface area (Å²) in [6.45, 7) is 8.16. The number of nitrogens with zero attached hydrogens (tertiary/aromatic N) is 2. The summed E-state index contributed by atoms with van der Waals surface area (Å²) < 4.78 is 7.63. The Balaban J connectivity index is 1.80. The van der Waals surface area contributed by atoms with Gasteiger partial charge in [0.25, 0.3) is 0 Å². The molecule has 0 unspecified atom stereocenters. The summed E-state index contributed by atoms with van der Waals surface area (Å²) in [5, 5.41) is 7.82. The molecule has 0 amide bonds. The van der Waals surface area contributed by atoms with Crippen molar-refractivity contribution in [2.75, 3.05) is 13.2 Å². The lowest BCUT2D eigenvalue weighted by atomic mass is 9.95. The van der Waals surface area contributed by atoms with Crippen molar-refractivity contribution < 1.29 is 4.74 Å². The van der Waals surface area contributed by atoms with E-state index in [1.807, 2.05) is 20.0 Å². The second-order valence-electron chi connectivity index (χ2n) is 5.86. The number of hydrogen-bond acceptors (Lipinski definition) is 3. The summed E-state index contributed by atoms with van der Waals surface area (Å²) in [6, 6.07) is 2.73. The highest BCUT2D eigenvalue weighted by Gasteiger charge is 2.26. The van der Waals surface area contributed by atoms with Crippen molar-refractivity contribution in [2.45, 2.75) is 39.7 Å². The van der Waals surface area contributed by atoms with Crippen molar-refractivity contribution in [3.8, 4) is 5.88 Å². The van der Waals surface area contributed by atoms with Gasteiger partial charge in [-0.2, -0.15) is 5.10 Å². The van der Waals surface area contributed by atoms with Crippen LogP contribution in [-0.4, -0.2) is 29.0 Å². The van der Waals surface area contributed by atoms with Gasteiger partial charge in [0.2, 0.25) is 5.88 Å². The molecule has 1 aromatic rings. The van der Waals surface area contributed by atoms with Gasteiger partial charge in [-0.05, 0) is 19.8 Å². The average Bonchev–Trinajstić information content (AvgIpc) is 3.00. The van der Waals surface area contributed by atoms with Gasteiger partial charge >= 0.3 is 0 Å². The highest BCUT2D eigenvalue weighted by Crippen LogP contribution is 2.22. The molecular formula is C13H23N3O. The summed E-state index contributed by atoms with van der Waals surface area (Å²) in [5.74, 6) is 0.849. The predicted octanol–water partition coefficient (Wildman–Crippen LogP) is 1.89. The summed E-state index contributed by atoms with van der Waals surface area (Å²) >= 11 is 0. The number of hydrogen-bond donors (Lipinski definition) is 1. The molecule has 0 radical (unpaired) electrons. The fourth-order valence-corrected chi connectivity index (χ4v) is 1.75. The largest absolute Gasteiger partial charge is 0.477 e. The van der Waals surface area contributed by atoms with E-state index in [-0.39, 0.29) is 5.41 Å². The molecule has 0 spiro atoms. The van der Waals surface area contributed by atoms with Crippen LogP contribution < -0.4 is 10.1 Å². The van der Waals surface area contributed by atoms with E-state index >= 15 is 0 Å². The summed E-state index contributed by atoms with van der Waals surface area (Å²) in [7, 11) is 1.91. The standard InChI is InChI=1S/C13H23N3O/c1-10-7-12(16(4)15-10)17-9-13(2,3)8-14-11-5-6-11/h7,11,14H,5-6,8-9H2,1-4H3. The third-order valence-electron chi connectivity index (χ3n) is 3.02. The van der Waals surface area contributed by atoms with Crippen molar-refractivity contribution in [3.63, 3.8) is 0 Å². The number of nitrogens with one attached hydrogen (secondary N) is 1. The maximum atomic E-state index is 5.84. The first-order chi connectivity index (χ1) is 7.96. The first kappa shape index (κ1) is 12.4. The van der Waals surface area contributed by atoms with Crippen molar-refractivity contribution >= 4 is 0 Å². The molecule has 0 saturated heterocycles. The number of rotatable bonds is 6. The molecular weight excluding hydrogens is 214 g/mol. The van der Waals surface area contributed by atoms with E-state index < -0.39 is 0 Å². The highest BCUT2D eigenvalue weighted by atomic mass is 16.5. The Morgan fingerprint density at radius 3 is 2.76 bits per heavy atom. The van der Waals surface area contributed by atoms with Crippen LogP contribution in [0.1, 0.15) is 32.4 Å². The van der Waals surface area contributed by atoms with Crippen LogP contribution in [0, 0.1) is 12.3 Å². The molecule has 0 bridgehead atoms. The number of aromatic nitrogens is 2. The Morgan fingerprint density at radius 2 is 2.24 bits per heavy atom. The van der Waals surface area contributed by atoms with E-state index in [1.54, 1.807) is 4.68 Å². The maximum Gasteiger partial charge on any atom is 0.211 e. The van der Waals surface area contributed by atoms with Gasteiger partial charge in [0.1, 0.15) is 0 Å². The van der Waals surface area contributed by atoms with E-state index in [9.17, 15) is 0 Å². The zero-order valence-corrected chi connectivity index (χ0v) is 11.3. The Bertz CT molecular complexity index is 380. The lowest BCUT2D eigenvalue weighted by Crippen LogP contribution is -2.35. The minimum atomic E-state index is 0.154.